The molecule has 1 heterocycles. The highest BCUT2D eigenvalue weighted by molar-refractivity contribution is 5.90. The summed E-state index contributed by atoms with van der Waals surface area (Å²) in [5.74, 6) is 0.117. The van der Waals surface area contributed by atoms with E-state index in [9.17, 15) is 9.90 Å². The first-order valence-electron chi connectivity index (χ1n) is 4.68. The standard InChI is InChI=1S/C10H14N2O2/c1-2-3-6-9(14)12-10-8(13)5-4-7-11-10/h4-5,7,13H,2-3,6H2,1H3,(H,11,12,14). The van der Waals surface area contributed by atoms with Gasteiger partial charge >= 0.3 is 0 Å². The van der Waals surface area contributed by atoms with Crippen LogP contribution < -0.4 is 5.32 Å². The molecule has 0 bridgehead atoms. The Balaban J connectivity index is 2.52. The lowest BCUT2D eigenvalue weighted by Crippen LogP contribution is -2.12. The van der Waals surface area contributed by atoms with Gasteiger partial charge in [-0.1, -0.05) is 13.3 Å². The average Bonchev–Trinajstić information content (AvgIpc) is 2.18. The third kappa shape index (κ3) is 3.05. The second kappa shape index (κ2) is 5.21. The Morgan fingerprint density at radius 1 is 1.64 bits per heavy atom. The van der Waals surface area contributed by atoms with Gasteiger partial charge in [-0.15, -0.1) is 0 Å². The number of nitrogens with zero attached hydrogens (tertiary/aromatic N) is 1. The second-order valence-corrected chi connectivity index (χ2v) is 3.02. The molecule has 4 heteroatoms. The topological polar surface area (TPSA) is 62.2 Å². The lowest BCUT2D eigenvalue weighted by Gasteiger charge is -2.04. The van der Waals surface area contributed by atoms with Gasteiger partial charge in [0, 0.05) is 12.6 Å². The summed E-state index contributed by atoms with van der Waals surface area (Å²) in [6, 6.07) is 3.10. The number of unbranched alkanes of at least 4 members (excludes halogenated alkanes) is 1. The highest BCUT2D eigenvalue weighted by Gasteiger charge is 2.05. The third-order valence-electron chi connectivity index (χ3n) is 1.80. The average molecular weight is 194 g/mol. The molecule has 76 valence electrons. The van der Waals surface area contributed by atoms with E-state index in [1.807, 2.05) is 6.92 Å². The van der Waals surface area contributed by atoms with Gasteiger partial charge < -0.3 is 10.4 Å². The van der Waals surface area contributed by atoms with Crippen molar-refractivity contribution >= 4 is 11.7 Å². The number of carbonyl (C=O) groups is 1. The van der Waals surface area contributed by atoms with E-state index >= 15 is 0 Å². The molecule has 14 heavy (non-hydrogen) atoms. The zero-order chi connectivity index (χ0) is 10.4. The Morgan fingerprint density at radius 2 is 2.43 bits per heavy atom. The quantitative estimate of drug-likeness (QED) is 0.769. The molecule has 0 saturated heterocycles. The summed E-state index contributed by atoms with van der Waals surface area (Å²) in [7, 11) is 0. The second-order valence-electron chi connectivity index (χ2n) is 3.02. The van der Waals surface area contributed by atoms with Crippen LogP contribution in [0.15, 0.2) is 18.3 Å². The molecule has 1 amide bonds. The van der Waals surface area contributed by atoms with Gasteiger partial charge in [0.2, 0.25) is 5.91 Å². The van der Waals surface area contributed by atoms with Crippen LogP contribution in [0, 0.1) is 0 Å². The fourth-order valence-corrected chi connectivity index (χ4v) is 1.03. The molecule has 1 rings (SSSR count). The van der Waals surface area contributed by atoms with E-state index in [1.54, 1.807) is 6.07 Å². The van der Waals surface area contributed by atoms with Crippen molar-refractivity contribution in [2.45, 2.75) is 26.2 Å². The normalized spacial score (nSPS) is 9.79. The number of rotatable bonds is 4. The zero-order valence-electron chi connectivity index (χ0n) is 8.16. The van der Waals surface area contributed by atoms with Crippen molar-refractivity contribution in [1.82, 2.24) is 4.98 Å². The Labute approximate surface area is 83.0 Å². The minimum absolute atomic E-state index is 0.00246. The zero-order valence-corrected chi connectivity index (χ0v) is 8.16. The van der Waals surface area contributed by atoms with Crippen molar-refractivity contribution < 1.29 is 9.90 Å². The summed E-state index contributed by atoms with van der Waals surface area (Å²) in [4.78, 5) is 15.1. The van der Waals surface area contributed by atoms with Gasteiger partial charge in [-0.2, -0.15) is 0 Å². The predicted octanol–water partition coefficient (Wildman–Crippen LogP) is 1.92. The maximum atomic E-state index is 11.3. The van der Waals surface area contributed by atoms with E-state index in [0.717, 1.165) is 12.8 Å². The number of aromatic hydroxyl groups is 1. The minimum atomic E-state index is -0.110. The summed E-state index contributed by atoms with van der Waals surface area (Å²) in [6.07, 6.45) is 3.81. The van der Waals surface area contributed by atoms with Gasteiger partial charge in [0.1, 0.15) is 0 Å². The molecule has 4 nitrogen and oxygen atoms in total. The van der Waals surface area contributed by atoms with E-state index in [1.165, 1.54) is 12.3 Å². The molecule has 0 atom stereocenters. The molecule has 0 aliphatic carbocycles. The van der Waals surface area contributed by atoms with Gasteiger partial charge in [-0.05, 0) is 18.6 Å². The first kappa shape index (κ1) is 10.5. The number of hydrogen-bond donors (Lipinski definition) is 2. The van der Waals surface area contributed by atoms with Crippen LogP contribution in [0.25, 0.3) is 0 Å². The Hall–Kier alpha value is -1.58. The number of pyridine rings is 1. The fourth-order valence-electron chi connectivity index (χ4n) is 1.03. The summed E-state index contributed by atoms with van der Waals surface area (Å²) in [5.41, 5.74) is 0. The number of carbonyl (C=O) groups excluding carboxylic acids is 1. The fraction of sp³-hybridized carbons (Fsp3) is 0.400. The number of hydrogen-bond acceptors (Lipinski definition) is 3. The minimum Gasteiger partial charge on any atom is -0.504 e. The number of anilines is 1. The molecule has 0 radical (unpaired) electrons. The van der Waals surface area contributed by atoms with E-state index in [0.29, 0.717) is 6.42 Å². The van der Waals surface area contributed by atoms with Crippen LogP contribution in [-0.2, 0) is 4.79 Å². The van der Waals surface area contributed by atoms with Gasteiger partial charge in [0.05, 0.1) is 0 Å². The van der Waals surface area contributed by atoms with Gasteiger partial charge in [-0.3, -0.25) is 4.79 Å². The van der Waals surface area contributed by atoms with Crippen molar-refractivity contribution in [3.8, 4) is 5.75 Å². The molecule has 0 fully saturated rings. The number of aromatic nitrogens is 1. The van der Waals surface area contributed by atoms with Crippen LogP contribution in [0.2, 0.25) is 0 Å². The molecule has 0 aliphatic heterocycles. The molecule has 0 aromatic carbocycles. The van der Waals surface area contributed by atoms with Crippen molar-refractivity contribution in [2.24, 2.45) is 0 Å². The van der Waals surface area contributed by atoms with Crippen molar-refractivity contribution in [1.29, 1.82) is 0 Å². The monoisotopic (exact) mass is 194 g/mol. The van der Waals surface area contributed by atoms with E-state index in [-0.39, 0.29) is 17.5 Å². The Morgan fingerprint density at radius 3 is 3.07 bits per heavy atom. The van der Waals surface area contributed by atoms with Crippen LogP contribution in [0.5, 0.6) is 5.75 Å². The number of nitrogens with one attached hydrogen (secondary N) is 1. The van der Waals surface area contributed by atoms with Crippen molar-refractivity contribution in [3.63, 3.8) is 0 Å². The highest BCUT2D eigenvalue weighted by Crippen LogP contribution is 2.18. The van der Waals surface area contributed by atoms with Crippen LogP contribution in [-0.4, -0.2) is 16.0 Å². The SMILES string of the molecule is CCCCC(=O)Nc1ncccc1O. The first-order valence-corrected chi connectivity index (χ1v) is 4.68. The molecule has 0 aliphatic rings. The Bertz CT molecular complexity index is 313. The Kier molecular flexibility index (Phi) is 3.91. The molecule has 2 N–H and O–H groups in total. The largest absolute Gasteiger partial charge is 0.504 e. The molecule has 0 saturated carbocycles. The van der Waals surface area contributed by atoms with Gasteiger partial charge in [0.25, 0.3) is 0 Å². The maximum absolute atomic E-state index is 11.3. The van der Waals surface area contributed by atoms with E-state index in [2.05, 4.69) is 10.3 Å². The van der Waals surface area contributed by atoms with Crippen molar-refractivity contribution in [3.05, 3.63) is 18.3 Å². The molecular formula is C10H14N2O2. The lowest BCUT2D eigenvalue weighted by atomic mass is 10.2. The molecule has 0 unspecified atom stereocenters. The van der Waals surface area contributed by atoms with Gasteiger partial charge in [0.15, 0.2) is 11.6 Å². The van der Waals surface area contributed by atoms with Crippen LogP contribution >= 0.6 is 0 Å². The van der Waals surface area contributed by atoms with Crippen LogP contribution in [0.1, 0.15) is 26.2 Å². The summed E-state index contributed by atoms with van der Waals surface area (Å²) in [6.45, 7) is 2.02. The van der Waals surface area contributed by atoms with Crippen LogP contribution in [0.3, 0.4) is 0 Å². The lowest BCUT2D eigenvalue weighted by molar-refractivity contribution is -0.116. The summed E-state index contributed by atoms with van der Waals surface area (Å²) >= 11 is 0. The summed E-state index contributed by atoms with van der Waals surface area (Å²) in [5, 5.41) is 11.9. The third-order valence-corrected chi connectivity index (χ3v) is 1.80. The molecule has 1 aromatic rings. The predicted molar refractivity (Wildman–Crippen MR) is 54.1 cm³/mol. The maximum Gasteiger partial charge on any atom is 0.225 e. The molecule has 1 aromatic heterocycles. The smallest absolute Gasteiger partial charge is 0.225 e. The summed E-state index contributed by atoms with van der Waals surface area (Å²) < 4.78 is 0. The van der Waals surface area contributed by atoms with Gasteiger partial charge in [-0.25, -0.2) is 4.98 Å². The molecule has 0 spiro atoms. The highest BCUT2D eigenvalue weighted by atomic mass is 16.3. The van der Waals surface area contributed by atoms with E-state index in [4.69, 9.17) is 0 Å². The van der Waals surface area contributed by atoms with Crippen LogP contribution in [0.4, 0.5) is 5.82 Å². The van der Waals surface area contributed by atoms with Crippen molar-refractivity contribution in [2.75, 3.05) is 5.32 Å². The molecular weight excluding hydrogens is 180 g/mol. The first-order chi connectivity index (χ1) is 6.74. The number of amides is 1. The van der Waals surface area contributed by atoms with E-state index < -0.39 is 0 Å².